The molecular formula is C17H21N5O. The standard InChI is InChI=1S/C17H21N5O/c1-20-16(23)18-11-17(20)12-21(13-17)8-15-7-19-22(10-15)9-14-5-3-2-4-6-14/h2-7,10H,8-9,11-13H2,1H3,(H,18,23). The van der Waals surface area contributed by atoms with E-state index in [0.717, 1.165) is 32.7 Å². The lowest BCUT2D eigenvalue weighted by molar-refractivity contribution is -0.00107. The van der Waals surface area contributed by atoms with Crippen molar-refractivity contribution in [3.05, 3.63) is 53.9 Å². The summed E-state index contributed by atoms with van der Waals surface area (Å²) in [5, 5.41) is 7.37. The van der Waals surface area contributed by atoms with E-state index in [9.17, 15) is 4.79 Å². The molecule has 0 bridgehead atoms. The first-order chi connectivity index (χ1) is 11.1. The highest BCUT2D eigenvalue weighted by Gasteiger charge is 2.51. The van der Waals surface area contributed by atoms with Gasteiger partial charge in [-0.15, -0.1) is 0 Å². The van der Waals surface area contributed by atoms with Gasteiger partial charge < -0.3 is 10.2 Å². The van der Waals surface area contributed by atoms with Crippen LogP contribution in [0.15, 0.2) is 42.7 Å². The molecule has 1 aromatic heterocycles. The summed E-state index contributed by atoms with van der Waals surface area (Å²) in [5.74, 6) is 0. The molecule has 2 aromatic rings. The number of benzene rings is 1. The Morgan fingerprint density at radius 3 is 2.65 bits per heavy atom. The number of hydrogen-bond donors (Lipinski definition) is 1. The first kappa shape index (κ1) is 14.3. The maximum Gasteiger partial charge on any atom is 0.317 e. The van der Waals surface area contributed by atoms with Crippen LogP contribution in [0.3, 0.4) is 0 Å². The van der Waals surface area contributed by atoms with Gasteiger partial charge in [-0.25, -0.2) is 4.79 Å². The lowest BCUT2D eigenvalue weighted by Crippen LogP contribution is -2.68. The van der Waals surface area contributed by atoms with Crippen molar-refractivity contribution in [2.24, 2.45) is 0 Å². The van der Waals surface area contributed by atoms with Crippen molar-refractivity contribution in [3.63, 3.8) is 0 Å². The number of urea groups is 1. The highest BCUT2D eigenvalue weighted by Crippen LogP contribution is 2.30. The summed E-state index contributed by atoms with van der Waals surface area (Å²) >= 11 is 0. The zero-order valence-electron chi connectivity index (χ0n) is 13.3. The van der Waals surface area contributed by atoms with Crippen molar-refractivity contribution in [2.45, 2.75) is 18.6 Å². The first-order valence-electron chi connectivity index (χ1n) is 7.94. The van der Waals surface area contributed by atoms with Gasteiger partial charge in [0.2, 0.25) is 0 Å². The lowest BCUT2D eigenvalue weighted by atomic mass is 9.89. The largest absolute Gasteiger partial charge is 0.336 e. The van der Waals surface area contributed by atoms with Crippen LogP contribution >= 0.6 is 0 Å². The number of likely N-dealkylation sites (tertiary alicyclic amines) is 1. The van der Waals surface area contributed by atoms with Crippen molar-refractivity contribution < 1.29 is 4.79 Å². The molecule has 2 aliphatic rings. The summed E-state index contributed by atoms with van der Waals surface area (Å²) in [6.45, 7) is 4.29. The Hall–Kier alpha value is -2.34. The van der Waals surface area contributed by atoms with Crippen LogP contribution in [-0.4, -0.2) is 57.8 Å². The van der Waals surface area contributed by atoms with E-state index in [-0.39, 0.29) is 11.6 Å². The maximum atomic E-state index is 11.6. The molecule has 6 nitrogen and oxygen atoms in total. The molecule has 1 N–H and O–H groups in total. The Morgan fingerprint density at radius 2 is 1.96 bits per heavy atom. The van der Waals surface area contributed by atoms with Crippen molar-refractivity contribution in [2.75, 3.05) is 26.7 Å². The fraction of sp³-hybridized carbons (Fsp3) is 0.412. The number of nitrogens with zero attached hydrogens (tertiary/aromatic N) is 4. The number of carbonyl (C=O) groups excluding carboxylic acids is 1. The fourth-order valence-electron chi connectivity index (χ4n) is 3.52. The molecular weight excluding hydrogens is 290 g/mol. The van der Waals surface area contributed by atoms with Gasteiger partial charge in [-0.2, -0.15) is 5.10 Å². The van der Waals surface area contributed by atoms with Crippen molar-refractivity contribution >= 4 is 6.03 Å². The van der Waals surface area contributed by atoms with Gasteiger partial charge in [0, 0.05) is 45.0 Å². The van der Waals surface area contributed by atoms with E-state index >= 15 is 0 Å². The molecule has 2 saturated heterocycles. The number of hydrogen-bond acceptors (Lipinski definition) is 3. The van der Waals surface area contributed by atoms with Crippen molar-refractivity contribution in [1.82, 2.24) is 24.9 Å². The summed E-state index contributed by atoms with van der Waals surface area (Å²) in [7, 11) is 1.89. The number of rotatable bonds is 4. The minimum absolute atomic E-state index is 0.00286. The van der Waals surface area contributed by atoms with Gasteiger partial charge in [-0.05, 0) is 5.56 Å². The average molecular weight is 311 g/mol. The molecule has 0 radical (unpaired) electrons. The summed E-state index contributed by atoms with van der Waals surface area (Å²) in [6, 6.07) is 10.4. The summed E-state index contributed by atoms with van der Waals surface area (Å²) < 4.78 is 1.98. The Balaban J connectivity index is 1.34. The summed E-state index contributed by atoms with van der Waals surface area (Å²) in [6.07, 6.45) is 4.05. The van der Waals surface area contributed by atoms with E-state index in [1.54, 1.807) is 0 Å². The van der Waals surface area contributed by atoms with E-state index in [4.69, 9.17) is 0 Å². The van der Waals surface area contributed by atoms with Crippen LogP contribution in [-0.2, 0) is 13.1 Å². The van der Waals surface area contributed by atoms with Gasteiger partial charge in [0.25, 0.3) is 0 Å². The van der Waals surface area contributed by atoms with Crippen molar-refractivity contribution in [1.29, 1.82) is 0 Å². The van der Waals surface area contributed by atoms with Crippen LogP contribution in [0, 0.1) is 0 Å². The topological polar surface area (TPSA) is 53.4 Å². The van der Waals surface area contributed by atoms with Crippen LogP contribution in [0.5, 0.6) is 0 Å². The van der Waals surface area contributed by atoms with E-state index in [2.05, 4.69) is 33.6 Å². The third kappa shape index (κ3) is 2.59. The van der Waals surface area contributed by atoms with Crippen molar-refractivity contribution in [3.8, 4) is 0 Å². The molecule has 0 aliphatic carbocycles. The highest BCUT2D eigenvalue weighted by molar-refractivity contribution is 5.78. The maximum absolute atomic E-state index is 11.6. The van der Waals surface area contributed by atoms with Gasteiger partial charge in [-0.1, -0.05) is 30.3 Å². The molecule has 23 heavy (non-hydrogen) atoms. The van der Waals surface area contributed by atoms with Crippen LogP contribution < -0.4 is 5.32 Å². The third-order valence-corrected chi connectivity index (χ3v) is 4.90. The molecule has 120 valence electrons. The second kappa shape index (κ2) is 5.38. The molecule has 0 saturated carbocycles. The molecule has 2 aliphatic heterocycles. The van der Waals surface area contributed by atoms with Crippen LogP contribution in [0.1, 0.15) is 11.1 Å². The van der Waals surface area contributed by atoms with Crippen LogP contribution in [0.25, 0.3) is 0 Å². The first-order valence-corrected chi connectivity index (χ1v) is 7.94. The van der Waals surface area contributed by atoms with Crippen LogP contribution in [0.4, 0.5) is 4.79 Å². The number of amides is 2. The summed E-state index contributed by atoms with van der Waals surface area (Å²) in [5.41, 5.74) is 2.47. The second-order valence-electron chi connectivity index (χ2n) is 6.62. The van der Waals surface area contributed by atoms with Gasteiger partial charge in [-0.3, -0.25) is 9.58 Å². The predicted octanol–water partition coefficient (Wildman–Crippen LogP) is 1.14. The predicted molar refractivity (Wildman–Crippen MR) is 86.9 cm³/mol. The molecule has 1 spiro atoms. The monoisotopic (exact) mass is 311 g/mol. The Labute approximate surface area is 135 Å². The average Bonchev–Trinajstić information content (AvgIpc) is 3.07. The molecule has 2 fully saturated rings. The number of likely N-dealkylation sites (N-methyl/N-ethyl adjacent to an activating group) is 1. The number of nitrogens with one attached hydrogen (secondary N) is 1. The normalized spacial score (nSPS) is 19.9. The minimum Gasteiger partial charge on any atom is -0.336 e. The number of carbonyl (C=O) groups is 1. The molecule has 1 aromatic carbocycles. The smallest absolute Gasteiger partial charge is 0.317 e. The van der Waals surface area contributed by atoms with E-state index in [0.29, 0.717) is 0 Å². The molecule has 4 rings (SSSR count). The minimum atomic E-state index is -0.00286. The molecule has 3 heterocycles. The van der Waals surface area contributed by atoms with Gasteiger partial charge in [0.1, 0.15) is 0 Å². The zero-order valence-corrected chi connectivity index (χ0v) is 13.3. The Bertz CT molecular complexity index is 705. The second-order valence-corrected chi connectivity index (χ2v) is 6.62. The molecule has 0 unspecified atom stereocenters. The SMILES string of the molecule is CN1C(=O)NCC12CN(Cc1cnn(Cc3ccccc3)c1)C2. The quantitative estimate of drug-likeness (QED) is 0.921. The van der Waals surface area contributed by atoms with Gasteiger partial charge in [0.05, 0.1) is 18.3 Å². The zero-order chi connectivity index (χ0) is 15.9. The third-order valence-electron chi connectivity index (χ3n) is 4.90. The van der Waals surface area contributed by atoms with E-state index < -0.39 is 0 Å². The van der Waals surface area contributed by atoms with E-state index in [1.807, 2.05) is 41.0 Å². The van der Waals surface area contributed by atoms with E-state index in [1.165, 1.54) is 11.1 Å². The fourth-order valence-corrected chi connectivity index (χ4v) is 3.52. The lowest BCUT2D eigenvalue weighted by Gasteiger charge is -2.50. The van der Waals surface area contributed by atoms with Gasteiger partial charge >= 0.3 is 6.03 Å². The number of aromatic nitrogens is 2. The van der Waals surface area contributed by atoms with Gasteiger partial charge in [0.15, 0.2) is 0 Å². The Morgan fingerprint density at radius 1 is 1.17 bits per heavy atom. The van der Waals surface area contributed by atoms with Crippen LogP contribution in [0.2, 0.25) is 0 Å². The summed E-state index contributed by atoms with van der Waals surface area (Å²) in [4.78, 5) is 15.8. The molecule has 0 atom stereocenters. The molecule has 6 heteroatoms. The highest BCUT2D eigenvalue weighted by atomic mass is 16.2. The molecule has 2 amide bonds. The Kier molecular flexibility index (Phi) is 3.34.